The number of aromatic nitrogens is 1. The van der Waals surface area contributed by atoms with E-state index < -0.39 is 13.7 Å². The number of piperidine rings is 1. The van der Waals surface area contributed by atoms with Crippen molar-refractivity contribution < 1.29 is 28.2 Å². The molecule has 2 heterocycles. The fourth-order valence-electron chi connectivity index (χ4n) is 5.02. The number of esters is 1. The Morgan fingerprint density at radius 3 is 2.51 bits per heavy atom. The smallest absolute Gasteiger partial charge is 0.307 e. The van der Waals surface area contributed by atoms with Crippen LogP contribution in [0.2, 0.25) is 18.1 Å². The molecule has 0 bridgehead atoms. The van der Waals surface area contributed by atoms with Crippen LogP contribution in [0.1, 0.15) is 52.5 Å². The highest BCUT2D eigenvalue weighted by atomic mass is 28.4. The molecule has 0 saturated carbocycles. The highest BCUT2D eigenvalue weighted by Crippen LogP contribution is 2.41. The van der Waals surface area contributed by atoms with Gasteiger partial charge in [-0.1, -0.05) is 32.9 Å². The zero-order chi connectivity index (χ0) is 29.0. The Labute approximate surface area is 234 Å². The summed E-state index contributed by atoms with van der Waals surface area (Å²) in [5, 5.41) is 1.07. The van der Waals surface area contributed by atoms with Crippen LogP contribution in [-0.4, -0.2) is 70.2 Å². The van der Waals surface area contributed by atoms with Gasteiger partial charge in [-0.2, -0.15) is 0 Å². The third kappa shape index (κ3) is 6.52. The maximum atomic E-state index is 14.0. The van der Waals surface area contributed by atoms with Crippen LogP contribution in [0.15, 0.2) is 24.4 Å². The Morgan fingerprint density at radius 1 is 1.18 bits per heavy atom. The second-order valence-electron chi connectivity index (χ2n) is 11.9. The Hall–Kier alpha value is -2.78. The molecule has 3 rings (SSSR count). The van der Waals surface area contributed by atoms with Crippen molar-refractivity contribution in [1.29, 1.82) is 0 Å². The maximum absolute atomic E-state index is 14.0. The highest BCUT2D eigenvalue weighted by molar-refractivity contribution is 6.74. The lowest BCUT2D eigenvalue weighted by Crippen LogP contribution is -2.51. The topological polar surface area (TPSA) is 79.2 Å². The summed E-state index contributed by atoms with van der Waals surface area (Å²) >= 11 is 0. The fraction of sp³-hybridized carbons (Fsp3) is 0.600. The number of hydrogen-bond acceptors (Lipinski definition) is 6. The van der Waals surface area contributed by atoms with Crippen molar-refractivity contribution in [3.8, 4) is 11.5 Å². The fourth-order valence-corrected chi connectivity index (χ4v) is 6.05. The summed E-state index contributed by atoms with van der Waals surface area (Å²) in [7, 11) is 3.26. The minimum absolute atomic E-state index is 0.0116. The Kier molecular flexibility index (Phi) is 9.59. The van der Waals surface area contributed by atoms with E-state index in [1.165, 1.54) is 0 Å². The predicted octanol–water partition coefficient (Wildman–Crippen LogP) is 5.79. The normalized spacial score (nSPS) is 18.7. The number of nitrogens with zero attached hydrogens (tertiary/aromatic N) is 2. The Bertz CT molecular complexity index is 1210. The highest BCUT2D eigenvalue weighted by Gasteiger charge is 2.44. The molecule has 9 heteroatoms. The summed E-state index contributed by atoms with van der Waals surface area (Å²) in [6.45, 7) is 14.8. The van der Waals surface area contributed by atoms with Crippen LogP contribution in [0, 0.1) is 5.41 Å². The van der Waals surface area contributed by atoms with E-state index in [-0.39, 0.29) is 29.9 Å². The van der Waals surface area contributed by atoms with E-state index in [1.54, 1.807) is 21.1 Å². The number of fused-ring (bicyclic) bond motifs is 1. The molecule has 1 aliphatic heterocycles. The van der Waals surface area contributed by atoms with Crippen molar-refractivity contribution in [2.45, 2.75) is 65.1 Å². The summed E-state index contributed by atoms with van der Waals surface area (Å²) in [6.07, 6.45) is 7.27. The van der Waals surface area contributed by atoms with E-state index in [0.717, 1.165) is 22.9 Å². The van der Waals surface area contributed by atoms with Crippen molar-refractivity contribution in [1.82, 2.24) is 9.47 Å². The van der Waals surface area contributed by atoms with Gasteiger partial charge in [-0.05, 0) is 55.6 Å². The number of amides is 1. The number of carbonyl (C=O) groups excluding carboxylic acids is 2. The van der Waals surface area contributed by atoms with Crippen molar-refractivity contribution in [2.75, 3.05) is 40.5 Å². The molecule has 0 spiro atoms. The van der Waals surface area contributed by atoms with Crippen LogP contribution in [-0.2, 0) is 25.8 Å². The van der Waals surface area contributed by atoms with Gasteiger partial charge in [0.15, 0.2) is 19.8 Å². The first-order chi connectivity index (χ1) is 18.3. The van der Waals surface area contributed by atoms with Gasteiger partial charge in [-0.25, -0.2) is 0 Å². The molecular weight excluding hydrogens is 512 g/mol. The number of aryl methyl sites for hydroxylation is 1. The first kappa shape index (κ1) is 30.8. The minimum Gasteiger partial charge on any atom is -0.493 e. The maximum Gasteiger partial charge on any atom is 0.307 e. The van der Waals surface area contributed by atoms with Gasteiger partial charge < -0.3 is 28.1 Å². The van der Waals surface area contributed by atoms with Crippen molar-refractivity contribution in [3.05, 3.63) is 30.0 Å². The number of benzene rings is 1. The molecule has 0 unspecified atom stereocenters. The molecule has 0 radical (unpaired) electrons. The molecule has 39 heavy (non-hydrogen) atoms. The van der Waals surface area contributed by atoms with Crippen LogP contribution >= 0.6 is 0 Å². The lowest BCUT2D eigenvalue weighted by Gasteiger charge is -2.41. The van der Waals surface area contributed by atoms with Crippen molar-refractivity contribution in [2.24, 2.45) is 12.5 Å². The van der Waals surface area contributed by atoms with E-state index in [9.17, 15) is 9.59 Å². The molecule has 0 aliphatic carbocycles. The first-order valence-electron chi connectivity index (χ1n) is 13.8. The van der Waals surface area contributed by atoms with Crippen LogP contribution in [0.4, 0.5) is 0 Å². The molecular formula is C30H46N2O6Si. The van der Waals surface area contributed by atoms with Gasteiger partial charge in [0.25, 0.3) is 0 Å². The van der Waals surface area contributed by atoms with E-state index in [2.05, 4.69) is 33.9 Å². The minimum atomic E-state index is -1.93. The van der Waals surface area contributed by atoms with Gasteiger partial charge >= 0.3 is 5.97 Å². The monoisotopic (exact) mass is 558 g/mol. The number of rotatable bonds is 11. The molecule has 1 aromatic carbocycles. The number of likely N-dealkylation sites (tertiary alicyclic amines) is 1. The van der Waals surface area contributed by atoms with E-state index >= 15 is 0 Å². The molecule has 0 N–H and O–H groups in total. The largest absolute Gasteiger partial charge is 0.493 e. The lowest BCUT2D eigenvalue weighted by molar-refractivity contribution is -0.154. The summed E-state index contributed by atoms with van der Waals surface area (Å²) in [5.41, 5.74) is 0.860. The second-order valence-corrected chi connectivity index (χ2v) is 16.7. The Morgan fingerprint density at radius 2 is 1.90 bits per heavy atom. The molecule has 1 saturated heterocycles. The average molecular weight is 559 g/mol. The van der Waals surface area contributed by atoms with Crippen molar-refractivity contribution >= 4 is 37.2 Å². The molecule has 1 aliphatic rings. The van der Waals surface area contributed by atoms with E-state index in [0.29, 0.717) is 37.6 Å². The number of ether oxygens (including phenoxy) is 3. The van der Waals surface area contributed by atoms with Crippen LogP contribution in [0.3, 0.4) is 0 Å². The summed E-state index contributed by atoms with van der Waals surface area (Å²) in [4.78, 5) is 28.6. The van der Waals surface area contributed by atoms with Gasteiger partial charge in [0, 0.05) is 31.7 Å². The number of methoxy groups -OCH3 is 2. The van der Waals surface area contributed by atoms with Gasteiger partial charge in [0.05, 0.1) is 44.8 Å². The lowest BCUT2D eigenvalue weighted by atomic mass is 9.75. The average Bonchev–Trinajstić information content (AvgIpc) is 3.19. The predicted molar refractivity (Wildman–Crippen MR) is 158 cm³/mol. The molecule has 2 aromatic rings. The van der Waals surface area contributed by atoms with Crippen molar-refractivity contribution in [3.63, 3.8) is 0 Å². The van der Waals surface area contributed by atoms with Gasteiger partial charge in [0.2, 0.25) is 5.91 Å². The molecule has 1 atom stereocenters. The van der Waals surface area contributed by atoms with Gasteiger partial charge in [-0.15, -0.1) is 0 Å². The molecule has 1 fully saturated rings. The Balaban J connectivity index is 1.93. The standard InChI is InChI=1S/C30H46N2O6Si/c1-10-37-25(33)20-30(15-11-17-32(28(30)34)18-19-38-39(8,9)29(2,3)4)16-14-22-21-31(5)26-23(22)12-13-24(35-6)27(26)36-7/h12-14,16,21H,10-11,15,17-20H2,1-9H3/b16-14-/t30-/m1/s1. The zero-order valence-electron chi connectivity index (χ0n) is 25.2. The number of hydrogen-bond donors (Lipinski definition) is 0. The summed E-state index contributed by atoms with van der Waals surface area (Å²) in [6, 6.07) is 3.87. The summed E-state index contributed by atoms with van der Waals surface area (Å²) < 4.78 is 24.8. The SMILES string of the molecule is CCOC(=O)C[C@]1(/C=C\c2cn(C)c3c(OC)c(OC)ccc23)CCCN(CCO[Si](C)(C)C(C)(C)C)C1=O. The second kappa shape index (κ2) is 12.2. The molecule has 1 amide bonds. The van der Waals surface area contributed by atoms with E-state index in [4.69, 9.17) is 18.6 Å². The third-order valence-electron chi connectivity index (χ3n) is 8.26. The van der Waals surface area contributed by atoms with Crippen LogP contribution in [0.25, 0.3) is 17.0 Å². The zero-order valence-corrected chi connectivity index (χ0v) is 26.2. The first-order valence-corrected chi connectivity index (χ1v) is 16.7. The summed E-state index contributed by atoms with van der Waals surface area (Å²) in [5.74, 6) is 0.897. The molecule has 1 aromatic heterocycles. The van der Waals surface area contributed by atoms with Gasteiger partial charge in [-0.3, -0.25) is 9.59 Å². The van der Waals surface area contributed by atoms with E-state index in [1.807, 2.05) is 47.0 Å². The molecule has 8 nitrogen and oxygen atoms in total. The number of carbonyl (C=O) groups is 2. The molecule has 216 valence electrons. The van der Waals surface area contributed by atoms with Gasteiger partial charge in [0.1, 0.15) is 0 Å². The van der Waals surface area contributed by atoms with Crippen LogP contribution < -0.4 is 9.47 Å². The van der Waals surface area contributed by atoms with Crippen LogP contribution in [0.5, 0.6) is 11.5 Å². The third-order valence-corrected chi connectivity index (χ3v) is 12.8. The quantitative estimate of drug-likeness (QED) is 0.257.